The van der Waals surface area contributed by atoms with Crippen molar-refractivity contribution in [3.8, 4) is 0 Å². The highest BCUT2D eigenvalue weighted by molar-refractivity contribution is 7.16. The number of carbonyl (C=O) groups is 2. The summed E-state index contributed by atoms with van der Waals surface area (Å²) in [5.74, 6) is -0.650. The van der Waals surface area contributed by atoms with Crippen LogP contribution in [0, 0.1) is 0 Å². The fourth-order valence-corrected chi connectivity index (χ4v) is 5.17. The lowest BCUT2D eigenvalue weighted by atomic mass is 10.1. The van der Waals surface area contributed by atoms with Crippen LogP contribution in [0.15, 0.2) is 71.7 Å². The van der Waals surface area contributed by atoms with E-state index >= 15 is 0 Å². The Bertz CT molecular complexity index is 1120. The molecule has 4 aromatic rings. The molecule has 32 heavy (non-hydrogen) atoms. The Balaban J connectivity index is 1.48. The SMILES string of the molecule is COC(=O)c1nc(NC(=O)C[C@@H](c2ccsc2)n2cccc2)sc1CCc1ccccc1. The first-order valence-electron chi connectivity index (χ1n) is 10.2. The molecular formula is C24H23N3O3S2. The second kappa shape index (κ2) is 10.4. The largest absolute Gasteiger partial charge is 0.464 e. The number of ether oxygens (including phenoxy) is 1. The van der Waals surface area contributed by atoms with Crippen LogP contribution in [-0.2, 0) is 22.4 Å². The van der Waals surface area contributed by atoms with Crippen molar-refractivity contribution in [3.63, 3.8) is 0 Å². The summed E-state index contributed by atoms with van der Waals surface area (Å²) >= 11 is 2.93. The molecule has 1 atom stereocenters. The van der Waals surface area contributed by atoms with Crippen molar-refractivity contribution in [2.24, 2.45) is 0 Å². The van der Waals surface area contributed by atoms with Gasteiger partial charge in [-0.25, -0.2) is 9.78 Å². The van der Waals surface area contributed by atoms with Gasteiger partial charge in [-0.1, -0.05) is 30.3 Å². The van der Waals surface area contributed by atoms with E-state index in [9.17, 15) is 9.59 Å². The molecule has 0 bridgehead atoms. The minimum atomic E-state index is -0.492. The molecule has 0 fully saturated rings. The van der Waals surface area contributed by atoms with Crippen molar-refractivity contribution < 1.29 is 14.3 Å². The van der Waals surface area contributed by atoms with E-state index in [1.807, 2.05) is 70.9 Å². The maximum Gasteiger partial charge on any atom is 0.357 e. The third kappa shape index (κ3) is 5.33. The Morgan fingerprint density at radius 2 is 1.88 bits per heavy atom. The second-order valence-corrected chi connectivity index (χ2v) is 9.09. The molecule has 8 heteroatoms. The number of anilines is 1. The lowest BCUT2D eigenvalue weighted by Gasteiger charge is -2.17. The number of nitrogens with one attached hydrogen (secondary N) is 1. The van der Waals surface area contributed by atoms with Gasteiger partial charge in [0, 0.05) is 17.3 Å². The average molecular weight is 466 g/mol. The predicted octanol–water partition coefficient (Wildman–Crippen LogP) is 5.20. The van der Waals surface area contributed by atoms with Gasteiger partial charge in [0.2, 0.25) is 5.91 Å². The summed E-state index contributed by atoms with van der Waals surface area (Å²) in [6, 6.07) is 15.9. The number of aryl methyl sites for hydroxylation is 2. The van der Waals surface area contributed by atoms with Crippen molar-refractivity contribution in [1.29, 1.82) is 0 Å². The minimum absolute atomic E-state index is 0.103. The van der Waals surface area contributed by atoms with Gasteiger partial charge in [0.05, 0.1) is 19.6 Å². The summed E-state index contributed by atoms with van der Waals surface area (Å²) < 4.78 is 6.92. The Morgan fingerprint density at radius 1 is 1.09 bits per heavy atom. The van der Waals surface area contributed by atoms with Crippen LogP contribution in [0.25, 0.3) is 0 Å². The quantitative estimate of drug-likeness (QED) is 0.345. The van der Waals surface area contributed by atoms with Crippen LogP contribution in [0.3, 0.4) is 0 Å². The molecule has 1 N–H and O–H groups in total. The van der Waals surface area contributed by atoms with Crippen LogP contribution in [0.2, 0.25) is 0 Å². The monoisotopic (exact) mass is 465 g/mol. The summed E-state index contributed by atoms with van der Waals surface area (Å²) in [5, 5.41) is 7.36. The molecule has 0 radical (unpaired) electrons. The number of hydrogen-bond donors (Lipinski definition) is 1. The fourth-order valence-electron chi connectivity index (χ4n) is 3.49. The van der Waals surface area contributed by atoms with Gasteiger partial charge in [0.25, 0.3) is 0 Å². The zero-order chi connectivity index (χ0) is 22.3. The molecule has 1 amide bonds. The number of hydrogen-bond acceptors (Lipinski definition) is 6. The topological polar surface area (TPSA) is 73.2 Å². The van der Waals surface area contributed by atoms with E-state index in [1.54, 1.807) is 11.3 Å². The summed E-state index contributed by atoms with van der Waals surface area (Å²) in [4.78, 5) is 30.3. The fraction of sp³-hybridized carbons (Fsp3) is 0.208. The van der Waals surface area contributed by atoms with Gasteiger partial charge in [0.15, 0.2) is 10.8 Å². The van der Waals surface area contributed by atoms with Crippen LogP contribution in [-0.4, -0.2) is 28.5 Å². The van der Waals surface area contributed by atoms with Crippen LogP contribution in [0.1, 0.15) is 39.0 Å². The van der Waals surface area contributed by atoms with Gasteiger partial charge in [-0.15, -0.1) is 11.3 Å². The molecule has 0 spiro atoms. The molecule has 3 heterocycles. The lowest BCUT2D eigenvalue weighted by molar-refractivity contribution is -0.116. The van der Waals surface area contributed by atoms with Gasteiger partial charge in [-0.05, 0) is 52.9 Å². The first kappa shape index (κ1) is 22.0. The third-order valence-corrected chi connectivity index (χ3v) is 6.83. The highest BCUT2D eigenvalue weighted by Crippen LogP contribution is 2.28. The molecule has 0 saturated heterocycles. The van der Waals surface area contributed by atoms with E-state index in [2.05, 4.69) is 15.7 Å². The summed E-state index contributed by atoms with van der Waals surface area (Å²) in [6.45, 7) is 0. The minimum Gasteiger partial charge on any atom is -0.464 e. The number of benzene rings is 1. The summed E-state index contributed by atoms with van der Waals surface area (Å²) in [6.07, 6.45) is 5.58. The number of methoxy groups -OCH3 is 1. The Hall–Kier alpha value is -3.23. The zero-order valence-corrected chi connectivity index (χ0v) is 19.2. The molecule has 1 aromatic carbocycles. The maximum atomic E-state index is 12.9. The van der Waals surface area contributed by atoms with E-state index in [-0.39, 0.29) is 24.1 Å². The zero-order valence-electron chi connectivity index (χ0n) is 17.6. The number of amides is 1. The second-order valence-electron chi connectivity index (χ2n) is 7.22. The number of aromatic nitrogens is 2. The van der Waals surface area contributed by atoms with Gasteiger partial charge < -0.3 is 14.6 Å². The molecule has 3 aromatic heterocycles. The van der Waals surface area contributed by atoms with E-state index in [0.717, 1.165) is 16.9 Å². The van der Waals surface area contributed by atoms with Crippen molar-refractivity contribution >= 4 is 39.7 Å². The molecule has 4 rings (SSSR count). The molecule has 0 saturated carbocycles. The molecule has 164 valence electrons. The van der Waals surface area contributed by atoms with Gasteiger partial charge >= 0.3 is 5.97 Å². The van der Waals surface area contributed by atoms with Gasteiger partial charge in [-0.3, -0.25) is 4.79 Å². The van der Waals surface area contributed by atoms with Crippen molar-refractivity contribution in [3.05, 3.63) is 93.4 Å². The van der Waals surface area contributed by atoms with Crippen molar-refractivity contribution in [2.75, 3.05) is 12.4 Å². The van der Waals surface area contributed by atoms with Gasteiger partial charge in [-0.2, -0.15) is 11.3 Å². The molecule has 6 nitrogen and oxygen atoms in total. The first-order chi connectivity index (χ1) is 15.6. The number of esters is 1. The Labute approximate surface area is 194 Å². The number of rotatable bonds is 9. The van der Waals surface area contributed by atoms with E-state index in [1.165, 1.54) is 24.0 Å². The van der Waals surface area contributed by atoms with E-state index in [0.29, 0.717) is 11.6 Å². The standard InChI is InChI=1S/C24H23N3O3S2/c1-30-23(29)22-20(10-9-17-7-3-2-4-8-17)32-24(26-22)25-21(28)15-19(18-11-14-31-16-18)27-12-5-6-13-27/h2-8,11-14,16,19H,9-10,15H2,1H3,(H,25,26,28)/t19-/m0/s1. The van der Waals surface area contributed by atoms with Gasteiger partial charge in [0.1, 0.15) is 0 Å². The van der Waals surface area contributed by atoms with Crippen LogP contribution < -0.4 is 5.32 Å². The summed E-state index contributed by atoms with van der Waals surface area (Å²) in [7, 11) is 1.34. The molecule has 0 aliphatic rings. The number of carbonyl (C=O) groups excluding carboxylic acids is 2. The first-order valence-corrected chi connectivity index (χ1v) is 12.0. The molecule has 0 aliphatic carbocycles. The van der Waals surface area contributed by atoms with Crippen LogP contribution in [0.5, 0.6) is 0 Å². The average Bonchev–Trinajstić information content (AvgIpc) is 3.58. The smallest absolute Gasteiger partial charge is 0.357 e. The number of thiazole rings is 1. The number of nitrogens with zero attached hydrogens (tertiary/aromatic N) is 2. The summed E-state index contributed by atoms with van der Waals surface area (Å²) in [5.41, 5.74) is 2.52. The maximum absolute atomic E-state index is 12.9. The van der Waals surface area contributed by atoms with Crippen molar-refractivity contribution in [1.82, 2.24) is 9.55 Å². The lowest BCUT2D eigenvalue weighted by Crippen LogP contribution is -2.19. The Kier molecular flexibility index (Phi) is 7.14. The molecular weight excluding hydrogens is 442 g/mol. The van der Waals surface area contributed by atoms with E-state index in [4.69, 9.17) is 4.74 Å². The third-order valence-electron chi connectivity index (χ3n) is 5.10. The number of thiophene rings is 1. The highest BCUT2D eigenvalue weighted by atomic mass is 32.1. The van der Waals surface area contributed by atoms with Crippen LogP contribution >= 0.6 is 22.7 Å². The van der Waals surface area contributed by atoms with E-state index < -0.39 is 5.97 Å². The molecule has 0 aliphatic heterocycles. The van der Waals surface area contributed by atoms with Crippen LogP contribution in [0.4, 0.5) is 5.13 Å². The Morgan fingerprint density at radius 3 is 2.56 bits per heavy atom. The predicted molar refractivity (Wildman–Crippen MR) is 127 cm³/mol. The van der Waals surface area contributed by atoms with Crippen molar-refractivity contribution in [2.45, 2.75) is 25.3 Å². The highest BCUT2D eigenvalue weighted by Gasteiger charge is 2.22. The normalized spacial score (nSPS) is 11.8. The molecule has 0 unspecified atom stereocenters.